The Labute approximate surface area is 220 Å². The average Bonchev–Trinajstić information content (AvgIpc) is 3.44. The number of hydrogen-bond donors (Lipinski definition) is 0. The number of halogens is 2. The van der Waals surface area contributed by atoms with E-state index in [1.807, 2.05) is 30.3 Å². The number of allylic oxidation sites excluding steroid dienone is 2. The van der Waals surface area contributed by atoms with Crippen molar-refractivity contribution < 1.29 is 13.9 Å². The molecule has 0 fully saturated rings. The summed E-state index contributed by atoms with van der Waals surface area (Å²) in [5.41, 5.74) is 2.39. The van der Waals surface area contributed by atoms with Crippen molar-refractivity contribution >= 4 is 46.4 Å². The van der Waals surface area contributed by atoms with Gasteiger partial charge in [-0.1, -0.05) is 46.7 Å². The molecule has 182 valence electrons. The van der Waals surface area contributed by atoms with E-state index in [1.54, 1.807) is 48.9 Å². The standard InChI is InChI=1S/C27H20Cl2N2O4S/c1-14-24(15(2)32)25(16-4-7-18(34-3)8-5-16)31-26(33)23(36-27(31)30-14)13-19-9-11-22(35-19)17-6-10-20(28)21(29)12-17/h4-13,25H,1-3H3/b23-13+/t25-/m0/s1. The molecule has 2 aromatic heterocycles. The fourth-order valence-electron chi connectivity index (χ4n) is 4.24. The second-order valence-corrected chi connectivity index (χ2v) is 10.1. The van der Waals surface area contributed by atoms with E-state index in [9.17, 15) is 9.59 Å². The van der Waals surface area contributed by atoms with Gasteiger partial charge in [0.2, 0.25) is 0 Å². The summed E-state index contributed by atoms with van der Waals surface area (Å²) in [6.45, 7) is 3.29. The second kappa shape index (κ2) is 9.58. The van der Waals surface area contributed by atoms with Crippen LogP contribution in [0.15, 0.2) is 80.1 Å². The molecule has 0 saturated heterocycles. The predicted molar refractivity (Wildman–Crippen MR) is 142 cm³/mol. The third-order valence-electron chi connectivity index (χ3n) is 5.94. The van der Waals surface area contributed by atoms with Gasteiger partial charge in [0, 0.05) is 22.9 Å². The Kier molecular flexibility index (Phi) is 6.47. The molecular formula is C27H20Cl2N2O4S. The van der Waals surface area contributed by atoms with E-state index in [2.05, 4.69) is 4.99 Å². The van der Waals surface area contributed by atoms with Gasteiger partial charge in [0.05, 0.1) is 27.7 Å². The van der Waals surface area contributed by atoms with Crippen molar-refractivity contribution in [1.29, 1.82) is 0 Å². The zero-order valence-corrected chi connectivity index (χ0v) is 21.9. The SMILES string of the molecule is COc1ccc([C@H]2C(C(C)=O)=C(C)N=c3s/c(=C/c4ccc(-c5ccc(Cl)c(Cl)c5)o4)c(=O)n32)cc1. The van der Waals surface area contributed by atoms with Crippen molar-refractivity contribution in [1.82, 2.24) is 4.57 Å². The summed E-state index contributed by atoms with van der Waals surface area (Å²) < 4.78 is 13.3. The van der Waals surface area contributed by atoms with Gasteiger partial charge in [0.1, 0.15) is 17.3 Å². The number of hydrogen-bond acceptors (Lipinski definition) is 6. The first-order chi connectivity index (χ1) is 17.3. The van der Waals surface area contributed by atoms with Crippen LogP contribution in [0.2, 0.25) is 10.0 Å². The molecule has 0 amide bonds. The lowest BCUT2D eigenvalue weighted by atomic mass is 9.93. The third-order valence-corrected chi connectivity index (χ3v) is 7.66. The molecule has 0 saturated carbocycles. The molecule has 5 rings (SSSR count). The zero-order chi connectivity index (χ0) is 25.6. The Morgan fingerprint density at radius 1 is 1.11 bits per heavy atom. The van der Waals surface area contributed by atoms with Gasteiger partial charge in [-0.15, -0.1) is 0 Å². The van der Waals surface area contributed by atoms with Gasteiger partial charge in [0.25, 0.3) is 5.56 Å². The number of aromatic nitrogens is 1. The van der Waals surface area contributed by atoms with Crippen LogP contribution < -0.4 is 19.6 Å². The van der Waals surface area contributed by atoms with Gasteiger partial charge in [-0.3, -0.25) is 14.2 Å². The molecule has 3 heterocycles. The van der Waals surface area contributed by atoms with E-state index in [1.165, 1.54) is 18.3 Å². The van der Waals surface area contributed by atoms with Crippen molar-refractivity contribution in [2.45, 2.75) is 19.9 Å². The Bertz CT molecular complexity index is 1710. The molecule has 1 aliphatic heterocycles. The fourth-order valence-corrected chi connectivity index (χ4v) is 5.56. The van der Waals surface area contributed by atoms with E-state index < -0.39 is 6.04 Å². The Hall–Kier alpha value is -3.39. The minimum absolute atomic E-state index is 0.136. The minimum atomic E-state index is -0.588. The summed E-state index contributed by atoms with van der Waals surface area (Å²) in [7, 11) is 1.59. The number of nitrogens with zero attached hydrogens (tertiary/aromatic N) is 2. The number of carbonyl (C=O) groups excluding carboxylic acids is 1. The van der Waals surface area contributed by atoms with Crippen molar-refractivity contribution in [3.05, 3.63) is 107 Å². The Morgan fingerprint density at radius 2 is 1.86 bits per heavy atom. The van der Waals surface area contributed by atoms with Crippen LogP contribution in [-0.4, -0.2) is 17.5 Å². The largest absolute Gasteiger partial charge is 0.497 e. The highest BCUT2D eigenvalue weighted by molar-refractivity contribution is 7.07. The number of Topliss-reactive ketones (excluding diaryl/α,β-unsaturated/α-hetero) is 1. The molecule has 4 aromatic rings. The molecule has 0 radical (unpaired) electrons. The van der Waals surface area contributed by atoms with Crippen molar-refractivity contribution in [3.63, 3.8) is 0 Å². The van der Waals surface area contributed by atoms with Gasteiger partial charge in [0.15, 0.2) is 10.6 Å². The van der Waals surface area contributed by atoms with Gasteiger partial charge < -0.3 is 9.15 Å². The van der Waals surface area contributed by atoms with Crippen molar-refractivity contribution in [2.24, 2.45) is 4.99 Å². The summed E-state index contributed by atoms with van der Waals surface area (Å²) >= 11 is 13.4. The molecule has 6 nitrogen and oxygen atoms in total. The molecule has 9 heteroatoms. The van der Waals surface area contributed by atoms with E-state index in [4.69, 9.17) is 32.4 Å². The van der Waals surface area contributed by atoms with E-state index in [0.29, 0.717) is 47.9 Å². The number of furan rings is 1. The van der Waals surface area contributed by atoms with E-state index in [0.717, 1.165) is 11.1 Å². The van der Waals surface area contributed by atoms with E-state index in [-0.39, 0.29) is 11.3 Å². The first-order valence-electron chi connectivity index (χ1n) is 11.0. The maximum atomic E-state index is 13.6. The van der Waals surface area contributed by atoms with Gasteiger partial charge >= 0.3 is 0 Å². The smallest absolute Gasteiger partial charge is 0.271 e. The number of ether oxygens (including phenoxy) is 1. The van der Waals surface area contributed by atoms with Gasteiger partial charge in [-0.25, -0.2) is 4.99 Å². The number of benzene rings is 2. The number of ketones is 1. The first-order valence-corrected chi connectivity index (χ1v) is 12.6. The molecule has 1 atom stereocenters. The van der Waals surface area contributed by atoms with Gasteiger partial charge in [-0.2, -0.15) is 0 Å². The van der Waals surface area contributed by atoms with E-state index >= 15 is 0 Å². The number of rotatable bonds is 5. The molecule has 1 aliphatic rings. The maximum Gasteiger partial charge on any atom is 0.271 e. The normalized spacial score (nSPS) is 15.6. The molecule has 0 unspecified atom stereocenters. The Balaban J connectivity index is 1.62. The van der Waals surface area contributed by atoms with Crippen LogP contribution >= 0.6 is 34.5 Å². The van der Waals surface area contributed by atoms with Crippen LogP contribution in [0.25, 0.3) is 17.4 Å². The molecule has 0 spiro atoms. The lowest BCUT2D eigenvalue weighted by molar-refractivity contribution is -0.114. The second-order valence-electron chi connectivity index (χ2n) is 8.24. The van der Waals surface area contributed by atoms with Crippen LogP contribution in [0.5, 0.6) is 5.75 Å². The molecule has 0 N–H and O–H groups in total. The predicted octanol–water partition coefficient (Wildman–Crippen LogP) is 5.40. The molecule has 36 heavy (non-hydrogen) atoms. The van der Waals surface area contributed by atoms with Crippen molar-refractivity contribution in [2.75, 3.05) is 7.11 Å². The summed E-state index contributed by atoms with van der Waals surface area (Å²) in [6.07, 6.45) is 1.68. The molecular weight excluding hydrogens is 519 g/mol. The summed E-state index contributed by atoms with van der Waals surface area (Å²) in [5, 5.41) is 0.885. The molecule has 0 bridgehead atoms. The van der Waals surface area contributed by atoms with Crippen molar-refractivity contribution in [3.8, 4) is 17.1 Å². The third kappa shape index (κ3) is 4.34. The number of thiazole rings is 1. The molecule has 0 aliphatic carbocycles. The molecule has 2 aromatic carbocycles. The highest BCUT2D eigenvalue weighted by Gasteiger charge is 2.30. The zero-order valence-electron chi connectivity index (χ0n) is 19.5. The van der Waals surface area contributed by atoms with Crippen LogP contribution in [0.3, 0.4) is 0 Å². The highest BCUT2D eigenvalue weighted by atomic mass is 35.5. The maximum absolute atomic E-state index is 13.6. The fraction of sp³-hybridized carbons (Fsp3) is 0.148. The minimum Gasteiger partial charge on any atom is -0.497 e. The summed E-state index contributed by atoms with van der Waals surface area (Å²) in [6, 6.07) is 15.6. The lowest BCUT2D eigenvalue weighted by Gasteiger charge is -2.24. The lowest BCUT2D eigenvalue weighted by Crippen LogP contribution is -2.39. The average molecular weight is 539 g/mol. The monoisotopic (exact) mass is 538 g/mol. The number of fused-ring (bicyclic) bond motifs is 1. The quantitative estimate of drug-likeness (QED) is 0.341. The van der Waals surface area contributed by atoms with Crippen LogP contribution in [-0.2, 0) is 4.79 Å². The van der Waals surface area contributed by atoms with Crippen LogP contribution in [0.1, 0.15) is 31.2 Å². The van der Waals surface area contributed by atoms with Gasteiger partial charge in [-0.05, 0) is 61.9 Å². The van der Waals surface area contributed by atoms with Crippen LogP contribution in [0, 0.1) is 0 Å². The topological polar surface area (TPSA) is 73.8 Å². The highest BCUT2D eigenvalue weighted by Crippen LogP contribution is 2.32. The first kappa shape index (κ1) is 24.3. The summed E-state index contributed by atoms with van der Waals surface area (Å²) in [4.78, 5) is 31.3. The Morgan fingerprint density at radius 3 is 2.53 bits per heavy atom. The number of carbonyl (C=O) groups is 1. The summed E-state index contributed by atoms with van der Waals surface area (Å²) in [5.74, 6) is 1.65. The number of methoxy groups -OCH3 is 1. The van der Waals surface area contributed by atoms with Crippen LogP contribution in [0.4, 0.5) is 0 Å².